The van der Waals surface area contributed by atoms with E-state index in [1.165, 1.54) is 16.8 Å². The average molecular weight is 213 g/mol. The maximum Gasteiger partial charge on any atom is 0.260 e. The van der Waals surface area contributed by atoms with Gasteiger partial charge in [-0.25, -0.2) is 13.4 Å². The highest BCUT2D eigenvalue weighted by atomic mass is 32.2. The van der Waals surface area contributed by atoms with Crippen LogP contribution in [0.5, 0.6) is 0 Å². The molecule has 0 aliphatic rings. The van der Waals surface area contributed by atoms with Crippen LogP contribution in [0.15, 0.2) is 17.6 Å². The third-order valence-electron chi connectivity index (χ3n) is 1.71. The molecule has 14 heavy (non-hydrogen) atoms. The number of terminal acetylenes is 1. The number of rotatable bonds is 4. The molecule has 0 saturated heterocycles. The normalized spacial score (nSPS) is 11.5. The number of aromatic nitrogens is 2. The van der Waals surface area contributed by atoms with Crippen LogP contribution in [-0.2, 0) is 10.0 Å². The standard InChI is InChI=1S/C8H11N3O2S/c1-3-5-11(4-2)14(12,13)8-6-9-7-10-8/h1,6-7H,4-5H2,2H3,(H,9,10). The Morgan fingerprint density at radius 1 is 1.71 bits per heavy atom. The van der Waals surface area contributed by atoms with Crippen molar-refractivity contribution in [3.8, 4) is 12.3 Å². The fourth-order valence-electron chi connectivity index (χ4n) is 0.992. The summed E-state index contributed by atoms with van der Waals surface area (Å²) in [5.41, 5.74) is 0. The van der Waals surface area contributed by atoms with Crippen molar-refractivity contribution >= 4 is 10.0 Å². The minimum absolute atomic E-state index is 0.0644. The van der Waals surface area contributed by atoms with Crippen LogP contribution in [0.3, 0.4) is 0 Å². The van der Waals surface area contributed by atoms with Crippen LogP contribution >= 0.6 is 0 Å². The molecule has 76 valence electrons. The summed E-state index contributed by atoms with van der Waals surface area (Å²) in [7, 11) is -3.50. The molecule has 0 amide bonds. The van der Waals surface area contributed by atoms with Gasteiger partial charge in [0.1, 0.15) is 0 Å². The predicted molar refractivity (Wildman–Crippen MR) is 51.9 cm³/mol. The van der Waals surface area contributed by atoms with Gasteiger partial charge in [-0.05, 0) is 0 Å². The van der Waals surface area contributed by atoms with Crippen molar-refractivity contribution in [2.24, 2.45) is 0 Å². The fourth-order valence-corrected chi connectivity index (χ4v) is 2.25. The largest absolute Gasteiger partial charge is 0.335 e. The van der Waals surface area contributed by atoms with E-state index in [-0.39, 0.29) is 11.6 Å². The molecule has 1 heterocycles. The molecule has 1 aromatic rings. The molecule has 0 radical (unpaired) electrons. The first-order valence-corrected chi connectivity index (χ1v) is 5.49. The molecule has 1 N–H and O–H groups in total. The first-order chi connectivity index (χ1) is 6.62. The lowest BCUT2D eigenvalue weighted by atomic mass is 10.6. The monoisotopic (exact) mass is 213 g/mol. The van der Waals surface area contributed by atoms with Gasteiger partial charge in [0.15, 0.2) is 5.03 Å². The summed E-state index contributed by atoms with van der Waals surface area (Å²) in [4.78, 5) is 6.19. The van der Waals surface area contributed by atoms with Gasteiger partial charge in [-0.15, -0.1) is 6.42 Å². The Balaban J connectivity index is 3.01. The molecule has 1 rings (SSSR count). The Hall–Kier alpha value is -1.32. The predicted octanol–water partition coefficient (Wildman–Crippen LogP) is 0.0535. The lowest BCUT2D eigenvalue weighted by Crippen LogP contribution is -2.31. The summed E-state index contributed by atoms with van der Waals surface area (Å²) in [6.07, 6.45) is 7.65. The van der Waals surface area contributed by atoms with Crippen LogP contribution in [-0.4, -0.2) is 35.8 Å². The second-order valence-electron chi connectivity index (χ2n) is 2.55. The van der Waals surface area contributed by atoms with Gasteiger partial charge in [-0.2, -0.15) is 4.31 Å². The van der Waals surface area contributed by atoms with E-state index >= 15 is 0 Å². The van der Waals surface area contributed by atoms with Crippen molar-refractivity contribution in [2.75, 3.05) is 13.1 Å². The third kappa shape index (κ3) is 1.95. The zero-order valence-corrected chi connectivity index (χ0v) is 8.58. The first-order valence-electron chi connectivity index (χ1n) is 4.05. The molecule has 0 unspecified atom stereocenters. The maximum absolute atomic E-state index is 11.8. The highest BCUT2D eigenvalue weighted by molar-refractivity contribution is 7.89. The smallest absolute Gasteiger partial charge is 0.260 e. The summed E-state index contributed by atoms with van der Waals surface area (Å²) < 4.78 is 24.7. The number of nitrogens with zero attached hydrogens (tertiary/aromatic N) is 2. The Labute approximate surface area is 83.2 Å². The van der Waals surface area contributed by atoms with E-state index < -0.39 is 10.0 Å². The third-order valence-corrected chi connectivity index (χ3v) is 3.56. The second kappa shape index (κ2) is 4.26. The van der Waals surface area contributed by atoms with Crippen molar-refractivity contribution in [2.45, 2.75) is 11.9 Å². The van der Waals surface area contributed by atoms with Gasteiger partial charge in [0.25, 0.3) is 10.0 Å². The Bertz CT molecular complexity index is 416. The van der Waals surface area contributed by atoms with Crippen LogP contribution in [0.1, 0.15) is 6.92 Å². The first kappa shape index (κ1) is 10.8. The highest BCUT2D eigenvalue weighted by Crippen LogP contribution is 2.10. The Kier molecular flexibility index (Phi) is 3.28. The summed E-state index contributed by atoms with van der Waals surface area (Å²) >= 11 is 0. The summed E-state index contributed by atoms with van der Waals surface area (Å²) in [6, 6.07) is 0. The van der Waals surface area contributed by atoms with Gasteiger partial charge in [0.2, 0.25) is 0 Å². The minimum Gasteiger partial charge on any atom is -0.335 e. The van der Waals surface area contributed by atoms with E-state index in [0.717, 1.165) is 0 Å². The molecule has 0 bridgehead atoms. The molecule has 0 aromatic carbocycles. The van der Waals surface area contributed by atoms with Gasteiger partial charge in [-0.3, -0.25) is 0 Å². The molecule has 0 spiro atoms. The van der Waals surface area contributed by atoms with E-state index in [0.29, 0.717) is 6.54 Å². The van der Waals surface area contributed by atoms with E-state index in [2.05, 4.69) is 15.9 Å². The molecule has 0 aliphatic heterocycles. The number of hydrogen-bond donors (Lipinski definition) is 1. The zero-order chi connectivity index (χ0) is 10.6. The molecule has 0 aliphatic carbocycles. The number of imidazole rings is 1. The van der Waals surface area contributed by atoms with E-state index in [9.17, 15) is 8.42 Å². The topological polar surface area (TPSA) is 66.1 Å². The van der Waals surface area contributed by atoms with Crippen molar-refractivity contribution in [1.82, 2.24) is 14.3 Å². The summed E-state index contributed by atoms with van der Waals surface area (Å²) in [5, 5.41) is 0.0644. The van der Waals surface area contributed by atoms with Crippen LogP contribution in [0.25, 0.3) is 0 Å². The van der Waals surface area contributed by atoms with Crippen molar-refractivity contribution in [1.29, 1.82) is 0 Å². The van der Waals surface area contributed by atoms with E-state index in [1.54, 1.807) is 6.92 Å². The summed E-state index contributed by atoms with van der Waals surface area (Å²) in [5.74, 6) is 2.30. The molecule has 1 aromatic heterocycles. The molecular weight excluding hydrogens is 202 g/mol. The van der Waals surface area contributed by atoms with E-state index in [1.807, 2.05) is 0 Å². The lowest BCUT2D eigenvalue weighted by molar-refractivity contribution is 0.461. The van der Waals surface area contributed by atoms with Gasteiger partial charge < -0.3 is 4.98 Å². The Morgan fingerprint density at radius 3 is 2.86 bits per heavy atom. The number of hydrogen-bond acceptors (Lipinski definition) is 3. The SMILES string of the molecule is C#CCN(CC)S(=O)(=O)c1cnc[nH]1. The quantitative estimate of drug-likeness (QED) is 0.719. The Morgan fingerprint density at radius 2 is 2.43 bits per heavy atom. The zero-order valence-electron chi connectivity index (χ0n) is 7.77. The molecule has 0 fully saturated rings. The minimum atomic E-state index is -3.50. The van der Waals surface area contributed by atoms with Crippen LogP contribution in [0.2, 0.25) is 0 Å². The lowest BCUT2D eigenvalue weighted by Gasteiger charge is -2.15. The van der Waals surface area contributed by atoms with E-state index in [4.69, 9.17) is 6.42 Å². The number of H-pyrrole nitrogens is 1. The molecule has 0 saturated carbocycles. The number of nitrogens with one attached hydrogen (secondary N) is 1. The number of aromatic amines is 1. The molecule has 0 atom stereocenters. The van der Waals surface area contributed by atoms with Gasteiger partial charge in [-0.1, -0.05) is 12.8 Å². The van der Waals surface area contributed by atoms with Crippen molar-refractivity contribution in [3.63, 3.8) is 0 Å². The van der Waals surface area contributed by atoms with Crippen LogP contribution in [0.4, 0.5) is 0 Å². The van der Waals surface area contributed by atoms with Crippen LogP contribution < -0.4 is 0 Å². The molecule has 6 heteroatoms. The van der Waals surface area contributed by atoms with Gasteiger partial charge in [0, 0.05) is 6.54 Å². The molecule has 5 nitrogen and oxygen atoms in total. The second-order valence-corrected chi connectivity index (χ2v) is 4.46. The average Bonchev–Trinajstić information content (AvgIpc) is 2.66. The number of sulfonamides is 1. The molecular formula is C8H11N3O2S. The fraction of sp³-hybridized carbons (Fsp3) is 0.375. The maximum atomic E-state index is 11.8. The van der Waals surface area contributed by atoms with Crippen LogP contribution in [0, 0.1) is 12.3 Å². The van der Waals surface area contributed by atoms with Gasteiger partial charge in [0.05, 0.1) is 19.1 Å². The van der Waals surface area contributed by atoms with Crippen molar-refractivity contribution in [3.05, 3.63) is 12.5 Å². The summed E-state index contributed by atoms with van der Waals surface area (Å²) in [6.45, 7) is 2.13. The van der Waals surface area contributed by atoms with Crippen molar-refractivity contribution < 1.29 is 8.42 Å². The van der Waals surface area contributed by atoms with Gasteiger partial charge >= 0.3 is 0 Å². The highest BCUT2D eigenvalue weighted by Gasteiger charge is 2.23.